The Balaban J connectivity index is 1.51. The summed E-state index contributed by atoms with van der Waals surface area (Å²) < 4.78 is 41.2. The molecule has 4 heterocycles. The molecule has 13 heteroatoms. The lowest BCUT2D eigenvalue weighted by molar-refractivity contribution is -0.142. The number of imidazole rings is 2. The number of H-pyrrole nitrogens is 1. The Morgan fingerprint density at radius 2 is 2.00 bits per heavy atom. The van der Waals surface area contributed by atoms with Crippen molar-refractivity contribution in [2.45, 2.75) is 25.2 Å². The maximum atomic E-state index is 13.5. The Morgan fingerprint density at radius 3 is 2.72 bits per heavy atom. The van der Waals surface area contributed by atoms with E-state index >= 15 is 0 Å². The first-order valence-electron chi connectivity index (χ1n) is 9.65. The summed E-state index contributed by atoms with van der Waals surface area (Å²) in [5, 5.41) is 17.8. The minimum atomic E-state index is -4.62. The minimum absolute atomic E-state index is 0.0306. The molecule has 1 atom stereocenters. The van der Waals surface area contributed by atoms with Crippen LogP contribution >= 0.6 is 23.2 Å². The van der Waals surface area contributed by atoms with Gasteiger partial charge in [-0.1, -0.05) is 23.2 Å². The van der Waals surface area contributed by atoms with Crippen LogP contribution in [0.15, 0.2) is 24.4 Å². The molecule has 0 saturated carbocycles. The number of aromatic nitrogens is 5. The average Bonchev–Trinajstić information content (AvgIpc) is 3.43. The summed E-state index contributed by atoms with van der Waals surface area (Å²) >= 11 is 12.1. The molecule has 3 aromatic heterocycles. The van der Waals surface area contributed by atoms with Crippen molar-refractivity contribution in [2.24, 2.45) is 0 Å². The van der Waals surface area contributed by atoms with Crippen LogP contribution in [-0.2, 0) is 12.7 Å². The van der Waals surface area contributed by atoms with Gasteiger partial charge in [-0.15, -0.1) is 5.10 Å². The number of benzene rings is 1. The van der Waals surface area contributed by atoms with Crippen LogP contribution in [0.3, 0.4) is 0 Å². The number of alkyl halides is 3. The molecule has 3 N–H and O–H groups in total. The second-order valence-electron chi connectivity index (χ2n) is 7.50. The zero-order chi connectivity index (χ0) is 22.6. The van der Waals surface area contributed by atoms with E-state index in [0.29, 0.717) is 57.9 Å². The van der Waals surface area contributed by atoms with Crippen LogP contribution < -0.4 is 10.2 Å². The lowest BCUT2D eigenvalue weighted by Crippen LogP contribution is -2.24. The standard InChI is InChI=1S/C19H16Cl2F3N7O/c20-10-3-12-13(4-11(10)21)28-16(27-12)7-25-14-5-17(30-2-1-9(32)8-30)29-31-15(19(22,23)24)6-26-18(14)31/h3-6,9,25,32H,1-2,7-8H2,(H,27,28)/t9-/m0/s1. The van der Waals surface area contributed by atoms with E-state index in [0.717, 1.165) is 10.7 Å². The summed E-state index contributed by atoms with van der Waals surface area (Å²) in [5.74, 6) is 0.845. The molecule has 0 bridgehead atoms. The summed E-state index contributed by atoms with van der Waals surface area (Å²) in [6, 6.07) is 4.91. The highest BCUT2D eigenvalue weighted by Crippen LogP contribution is 2.33. The lowest BCUT2D eigenvalue weighted by Gasteiger charge is -2.19. The van der Waals surface area contributed by atoms with Crippen molar-refractivity contribution in [1.82, 2.24) is 24.6 Å². The number of aliphatic hydroxyl groups is 1. The van der Waals surface area contributed by atoms with Gasteiger partial charge in [-0.3, -0.25) is 0 Å². The van der Waals surface area contributed by atoms with Crippen molar-refractivity contribution in [3.8, 4) is 0 Å². The highest BCUT2D eigenvalue weighted by molar-refractivity contribution is 6.42. The van der Waals surface area contributed by atoms with Gasteiger partial charge in [-0.2, -0.15) is 13.2 Å². The van der Waals surface area contributed by atoms with Gasteiger partial charge in [-0.25, -0.2) is 14.5 Å². The number of anilines is 2. The summed E-state index contributed by atoms with van der Waals surface area (Å²) in [7, 11) is 0. The average molecular weight is 486 g/mol. The van der Waals surface area contributed by atoms with E-state index in [9.17, 15) is 18.3 Å². The molecule has 1 aliphatic heterocycles. The number of halogens is 5. The minimum Gasteiger partial charge on any atom is -0.391 e. The number of hydrogen-bond donors (Lipinski definition) is 3. The number of β-amino-alcohol motifs (C(OH)–C–C–N with tert-alkyl or cyclic N) is 1. The van der Waals surface area contributed by atoms with Gasteiger partial charge in [-0.05, 0) is 18.6 Å². The highest BCUT2D eigenvalue weighted by Gasteiger charge is 2.36. The summed E-state index contributed by atoms with van der Waals surface area (Å²) in [4.78, 5) is 13.2. The number of nitrogens with one attached hydrogen (secondary N) is 2. The number of aliphatic hydroxyl groups excluding tert-OH is 1. The van der Waals surface area contributed by atoms with Gasteiger partial charge in [0.1, 0.15) is 5.82 Å². The number of fused-ring (bicyclic) bond motifs is 2. The molecule has 8 nitrogen and oxygen atoms in total. The smallest absolute Gasteiger partial charge is 0.391 e. The third-order valence-electron chi connectivity index (χ3n) is 5.25. The molecule has 0 radical (unpaired) electrons. The zero-order valence-corrected chi connectivity index (χ0v) is 17.8. The van der Waals surface area contributed by atoms with Gasteiger partial charge in [0.05, 0.1) is 45.6 Å². The molecule has 1 saturated heterocycles. The second kappa shape index (κ2) is 7.68. The van der Waals surface area contributed by atoms with Crippen LogP contribution in [0.4, 0.5) is 24.7 Å². The Bertz CT molecular complexity index is 1280. The van der Waals surface area contributed by atoms with Crippen LogP contribution in [0.1, 0.15) is 17.9 Å². The second-order valence-corrected chi connectivity index (χ2v) is 8.32. The molecular weight excluding hydrogens is 470 g/mol. The third-order valence-corrected chi connectivity index (χ3v) is 5.97. The summed E-state index contributed by atoms with van der Waals surface area (Å²) in [6.45, 7) is 0.958. The molecule has 168 valence electrons. The number of rotatable bonds is 4. The van der Waals surface area contributed by atoms with Gasteiger partial charge in [0.15, 0.2) is 17.2 Å². The molecule has 4 aromatic rings. The van der Waals surface area contributed by atoms with E-state index in [2.05, 4.69) is 25.4 Å². The first-order chi connectivity index (χ1) is 15.2. The van der Waals surface area contributed by atoms with E-state index in [-0.39, 0.29) is 12.2 Å². The van der Waals surface area contributed by atoms with Gasteiger partial charge in [0.2, 0.25) is 0 Å². The monoisotopic (exact) mass is 485 g/mol. The van der Waals surface area contributed by atoms with Crippen molar-refractivity contribution >= 4 is 51.4 Å². The topological polar surface area (TPSA) is 94.4 Å². The van der Waals surface area contributed by atoms with Crippen molar-refractivity contribution < 1.29 is 18.3 Å². The fraction of sp³-hybridized carbons (Fsp3) is 0.316. The van der Waals surface area contributed by atoms with E-state index in [1.165, 1.54) is 0 Å². The molecule has 32 heavy (non-hydrogen) atoms. The number of aromatic amines is 1. The molecule has 0 aliphatic carbocycles. The van der Waals surface area contributed by atoms with Crippen molar-refractivity contribution in [2.75, 3.05) is 23.3 Å². The number of hydrogen-bond acceptors (Lipinski definition) is 6. The first-order valence-corrected chi connectivity index (χ1v) is 10.4. The van der Waals surface area contributed by atoms with Crippen molar-refractivity contribution in [3.63, 3.8) is 0 Å². The predicted octanol–water partition coefficient (Wildman–Crippen LogP) is 4.11. The Labute approximate surface area is 189 Å². The SMILES string of the molecule is O[C@H]1CCN(c2cc(NCc3nc4cc(Cl)c(Cl)cc4[nH]3)c3ncc(C(F)(F)F)n3n2)C1. The Morgan fingerprint density at radius 1 is 1.22 bits per heavy atom. The predicted molar refractivity (Wildman–Crippen MR) is 114 cm³/mol. The Hall–Kier alpha value is -2.76. The van der Waals surface area contributed by atoms with Crippen LogP contribution in [0.2, 0.25) is 10.0 Å². The Kier molecular flexibility index (Phi) is 5.06. The fourth-order valence-corrected chi connectivity index (χ4v) is 4.03. The molecule has 1 fully saturated rings. The van der Waals surface area contributed by atoms with Crippen LogP contribution in [0.5, 0.6) is 0 Å². The van der Waals surface area contributed by atoms with Gasteiger partial charge >= 0.3 is 6.18 Å². The van der Waals surface area contributed by atoms with Crippen LogP contribution in [0.25, 0.3) is 16.7 Å². The van der Waals surface area contributed by atoms with E-state index < -0.39 is 18.0 Å². The maximum absolute atomic E-state index is 13.5. The van der Waals surface area contributed by atoms with E-state index in [1.807, 2.05) is 0 Å². The largest absolute Gasteiger partial charge is 0.435 e. The van der Waals surface area contributed by atoms with Gasteiger partial charge < -0.3 is 20.3 Å². The molecule has 5 rings (SSSR count). The van der Waals surface area contributed by atoms with E-state index in [1.54, 1.807) is 23.1 Å². The molecule has 1 aliphatic rings. The summed E-state index contributed by atoms with van der Waals surface area (Å²) in [5.41, 5.74) is 0.697. The van der Waals surface area contributed by atoms with E-state index in [4.69, 9.17) is 23.2 Å². The first kappa shape index (κ1) is 21.1. The fourth-order valence-electron chi connectivity index (χ4n) is 3.70. The maximum Gasteiger partial charge on any atom is 0.435 e. The van der Waals surface area contributed by atoms with Crippen molar-refractivity contribution in [1.29, 1.82) is 0 Å². The molecular formula is C19H16Cl2F3N7O. The molecule has 0 spiro atoms. The lowest BCUT2D eigenvalue weighted by atomic mass is 10.3. The van der Waals surface area contributed by atoms with Crippen LogP contribution in [0, 0.1) is 0 Å². The normalized spacial score (nSPS) is 17.1. The molecule has 1 aromatic carbocycles. The highest BCUT2D eigenvalue weighted by atomic mass is 35.5. The van der Waals surface area contributed by atoms with Gasteiger partial charge in [0, 0.05) is 19.2 Å². The van der Waals surface area contributed by atoms with Crippen LogP contribution in [-0.4, -0.2) is 48.9 Å². The zero-order valence-electron chi connectivity index (χ0n) is 16.3. The molecule has 0 unspecified atom stereocenters. The van der Waals surface area contributed by atoms with Crippen molar-refractivity contribution in [3.05, 3.63) is 46.0 Å². The number of nitrogens with zero attached hydrogens (tertiary/aromatic N) is 5. The quantitative estimate of drug-likeness (QED) is 0.402. The third kappa shape index (κ3) is 3.80. The van der Waals surface area contributed by atoms with Gasteiger partial charge in [0.25, 0.3) is 0 Å². The molecule has 0 amide bonds. The summed E-state index contributed by atoms with van der Waals surface area (Å²) in [6.07, 6.45) is -3.91.